The van der Waals surface area contributed by atoms with Gasteiger partial charge in [0.05, 0.1) is 12.7 Å². The number of nitrogens with one attached hydrogen (secondary N) is 1. The van der Waals surface area contributed by atoms with Crippen LogP contribution < -0.4 is 15.8 Å². The summed E-state index contributed by atoms with van der Waals surface area (Å²) in [5.41, 5.74) is 6.83. The molecule has 0 saturated carbocycles. The molecule has 5 heteroatoms. The minimum Gasteiger partial charge on any atom is -0.497 e. The second-order valence-electron chi connectivity index (χ2n) is 5.03. The first-order chi connectivity index (χ1) is 9.10. The maximum atomic E-state index is 12.2. The van der Waals surface area contributed by atoms with Gasteiger partial charge < -0.3 is 20.7 Å². The fraction of sp³-hybridized carbons (Fsp3) is 0.500. The van der Waals surface area contributed by atoms with Crippen molar-refractivity contribution in [1.82, 2.24) is 10.2 Å². The second-order valence-corrected chi connectivity index (χ2v) is 5.03. The lowest BCUT2D eigenvalue weighted by Crippen LogP contribution is -2.46. The molecule has 0 aromatic heterocycles. The van der Waals surface area contributed by atoms with Gasteiger partial charge in [0, 0.05) is 24.3 Å². The van der Waals surface area contributed by atoms with Crippen LogP contribution in [0, 0.1) is 0 Å². The van der Waals surface area contributed by atoms with Crippen LogP contribution in [0.5, 0.6) is 5.75 Å². The number of methoxy groups -OCH3 is 1. The molecule has 1 saturated heterocycles. The Morgan fingerprint density at radius 3 is 2.95 bits per heavy atom. The van der Waals surface area contributed by atoms with E-state index in [1.807, 2.05) is 0 Å². The summed E-state index contributed by atoms with van der Waals surface area (Å²) in [5, 5.41) is 3.04. The molecular weight excluding hydrogens is 242 g/mol. The van der Waals surface area contributed by atoms with Gasteiger partial charge in [-0.15, -0.1) is 0 Å². The summed E-state index contributed by atoms with van der Waals surface area (Å²) in [6.45, 7) is 1.98. The van der Waals surface area contributed by atoms with Crippen LogP contribution in [0.15, 0.2) is 18.2 Å². The zero-order valence-electron chi connectivity index (χ0n) is 11.5. The highest BCUT2D eigenvalue weighted by Crippen LogP contribution is 2.20. The first kappa shape index (κ1) is 13.7. The standard InChI is InChI=1S/C14H21N3O2/c1-17-7-3-4-10(9-17)16-14(18)12-6-5-11(19-2)8-13(12)15/h5-6,8,10H,3-4,7,9,15H2,1-2H3,(H,16,18). The summed E-state index contributed by atoms with van der Waals surface area (Å²) in [7, 11) is 3.65. The summed E-state index contributed by atoms with van der Waals surface area (Å²) in [4.78, 5) is 14.4. The third-order valence-electron chi connectivity index (χ3n) is 3.46. The van der Waals surface area contributed by atoms with Gasteiger partial charge in [0.15, 0.2) is 0 Å². The quantitative estimate of drug-likeness (QED) is 0.801. The molecule has 1 unspecified atom stereocenters. The van der Waals surface area contributed by atoms with Crippen LogP contribution in [0.1, 0.15) is 23.2 Å². The number of hydrogen-bond acceptors (Lipinski definition) is 4. The van der Waals surface area contributed by atoms with Gasteiger partial charge in [-0.05, 0) is 38.6 Å². The normalized spacial score (nSPS) is 20.0. The number of piperidine rings is 1. The summed E-state index contributed by atoms with van der Waals surface area (Å²) in [6.07, 6.45) is 2.13. The highest BCUT2D eigenvalue weighted by molar-refractivity contribution is 5.99. The highest BCUT2D eigenvalue weighted by Gasteiger charge is 2.20. The maximum absolute atomic E-state index is 12.2. The van der Waals surface area contributed by atoms with E-state index in [-0.39, 0.29) is 11.9 Å². The van der Waals surface area contributed by atoms with Crippen molar-refractivity contribution in [3.05, 3.63) is 23.8 Å². The molecule has 1 aliphatic heterocycles. The van der Waals surface area contributed by atoms with E-state index < -0.39 is 0 Å². The molecule has 0 spiro atoms. The van der Waals surface area contributed by atoms with Crippen molar-refractivity contribution in [2.24, 2.45) is 0 Å². The van der Waals surface area contributed by atoms with Crippen LogP contribution in [-0.2, 0) is 0 Å². The average Bonchev–Trinajstić information content (AvgIpc) is 2.38. The molecule has 1 aliphatic rings. The molecular formula is C14H21N3O2. The molecule has 1 fully saturated rings. The van der Waals surface area contributed by atoms with Crippen molar-refractivity contribution >= 4 is 11.6 Å². The van der Waals surface area contributed by atoms with E-state index >= 15 is 0 Å². The number of hydrogen-bond donors (Lipinski definition) is 2. The zero-order chi connectivity index (χ0) is 13.8. The molecule has 1 heterocycles. The number of carbonyl (C=O) groups excluding carboxylic acids is 1. The second kappa shape index (κ2) is 5.93. The minimum absolute atomic E-state index is 0.111. The van der Waals surface area contributed by atoms with Gasteiger partial charge in [-0.25, -0.2) is 0 Å². The van der Waals surface area contributed by atoms with Crippen molar-refractivity contribution in [3.63, 3.8) is 0 Å². The number of nitrogens with two attached hydrogens (primary N) is 1. The molecule has 104 valence electrons. The topological polar surface area (TPSA) is 67.6 Å². The zero-order valence-corrected chi connectivity index (χ0v) is 11.5. The number of likely N-dealkylation sites (tertiary alicyclic amines) is 1. The number of carbonyl (C=O) groups is 1. The lowest BCUT2D eigenvalue weighted by molar-refractivity contribution is 0.0913. The van der Waals surface area contributed by atoms with Gasteiger partial charge in [0.1, 0.15) is 5.75 Å². The molecule has 3 N–H and O–H groups in total. The van der Waals surface area contributed by atoms with Crippen LogP contribution in [0.4, 0.5) is 5.69 Å². The molecule has 2 rings (SSSR count). The van der Waals surface area contributed by atoms with Gasteiger partial charge in [0.25, 0.3) is 5.91 Å². The fourth-order valence-electron chi connectivity index (χ4n) is 2.42. The number of nitrogen functional groups attached to an aromatic ring is 1. The van der Waals surface area contributed by atoms with Crippen molar-refractivity contribution in [2.75, 3.05) is 33.0 Å². The van der Waals surface area contributed by atoms with E-state index in [9.17, 15) is 4.79 Å². The molecule has 0 aliphatic carbocycles. The molecule has 1 atom stereocenters. The van der Waals surface area contributed by atoms with Crippen LogP contribution >= 0.6 is 0 Å². The van der Waals surface area contributed by atoms with Crippen molar-refractivity contribution in [1.29, 1.82) is 0 Å². The monoisotopic (exact) mass is 263 g/mol. The third kappa shape index (κ3) is 3.38. The molecule has 1 aromatic rings. The predicted molar refractivity (Wildman–Crippen MR) is 75.4 cm³/mol. The first-order valence-electron chi connectivity index (χ1n) is 6.53. The lowest BCUT2D eigenvalue weighted by Gasteiger charge is -2.30. The number of anilines is 1. The van der Waals surface area contributed by atoms with Gasteiger partial charge in [-0.2, -0.15) is 0 Å². The fourth-order valence-corrected chi connectivity index (χ4v) is 2.42. The van der Waals surface area contributed by atoms with Crippen LogP contribution in [-0.4, -0.2) is 44.1 Å². The van der Waals surface area contributed by atoms with E-state index in [1.54, 1.807) is 25.3 Å². The van der Waals surface area contributed by atoms with E-state index in [0.717, 1.165) is 25.9 Å². The van der Waals surface area contributed by atoms with Gasteiger partial charge in [0.2, 0.25) is 0 Å². The molecule has 5 nitrogen and oxygen atoms in total. The van der Waals surface area contributed by atoms with Gasteiger partial charge >= 0.3 is 0 Å². The summed E-state index contributed by atoms with van der Waals surface area (Å²) >= 11 is 0. The lowest BCUT2D eigenvalue weighted by atomic mass is 10.1. The Labute approximate surface area is 113 Å². The van der Waals surface area contributed by atoms with E-state index in [4.69, 9.17) is 10.5 Å². The number of likely N-dealkylation sites (N-methyl/N-ethyl adjacent to an activating group) is 1. The van der Waals surface area contributed by atoms with Crippen LogP contribution in [0.2, 0.25) is 0 Å². The minimum atomic E-state index is -0.111. The molecule has 19 heavy (non-hydrogen) atoms. The largest absolute Gasteiger partial charge is 0.497 e. The Morgan fingerprint density at radius 2 is 2.32 bits per heavy atom. The van der Waals surface area contributed by atoms with Gasteiger partial charge in [-0.3, -0.25) is 4.79 Å². The van der Waals surface area contributed by atoms with Crippen molar-refractivity contribution in [3.8, 4) is 5.75 Å². The van der Waals surface area contributed by atoms with Crippen LogP contribution in [0.3, 0.4) is 0 Å². The SMILES string of the molecule is COc1ccc(C(=O)NC2CCCN(C)C2)c(N)c1. The van der Waals surface area contributed by atoms with E-state index in [0.29, 0.717) is 17.0 Å². The highest BCUT2D eigenvalue weighted by atomic mass is 16.5. The van der Waals surface area contributed by atoms with Crippen molar-refractivity contribution in [2.45, 2.75) is 18.9 Å². The van der Waals surface area contributed by atoms with Crippen molar-refractivity contribution < 1.29 is 9.53 Å². The maximum Gasteiger partial charge on any atom is 0.253 e. The Bertz CT molecular complexity index is 462. The Hall–Kier alpha value is -1.75. The average molecular weight is 263 g/mol. The smallest absolute Gasteiger partial charge is 0.253 e. The summed E-state index contributed by atoms with van der Waals surface area (Å²) < 4.78 is 5.08. The summed E-state index contributed by atoms with van der Waals surface area (Å²) in [6, 6.07) is 5.32. The van der Waals surface area contributed by atoms with Gasteiger partial charge in [-0.1, -0.05) is 0 Å². The number of benzene rings is 1. The number of ether oxygens (including phenoxy) is 1. The summed E-state index contributed by atoms with van der Waals surface area (Å²) in [5.74, 6) is 0.548. The Balaban J connectivity index is 2.03. The Kier molecular flexibility index (Phi) is 4.27. The Morgan fingerprint density at radius 1 is 1.53 bits per heavy atom. The molecule has 0 bridgehead atoms. The third-order valence-corrected chi connectivity index (χ3v) is 3.46. The first-order valence-corrected chi connectivity index (χ1v) is 6.53. The molecule has 1 aromatic carbocycles. The van der Waals surface area contributed by atoms with Crippen LogP contribution in [0.25, 0.3) is 0 Å². The number of nitrogens with zero attached hydrogens (tertiary/aromatic N) is 1. The number of rotatable bonds is 3. The number of amides is 1. The van der Waals surface area contributed by atoms with E-state index in [1.165, 1.54) is 0 Å². The molecule has 1 amide bonds. The predicted octanol–water partition coefficient (Wildman–Crippen LogP) is 1.10. The molecule has 0 radical (unpaired) electrons. The van der Waals surface area contributed by atoms with E-state index in [2.05, 4.69) is 17.3 Å².